The van der Waals surface area contributed by atoms with Gasteiger partial charge < -0.3 is 18.7 Å². The van der Waals surface area contributed by atoms with Gasteiger partial charge in [0.25, 0.3) is 5.89 Å². The summed E-state index contributed by atoms with van der Waals surface area (Å²) in [6.45, 7) is 2.02. The van der Waals surface area contributed by atoms with Gasteiger partial charge in [0, 0.05) is 0 Å². The first kappa shape index (κ1) is 10.3. The number of aromatic carboxylic acids is 1. The van der Waals surface area contributed by atoms with E-state index in [1.54, 1.807) is 19.1 Å². The quantitative estimate of drug-likeness (QED) is 0.853. The fraction of sp³-hybridized carbons (Fsp3) is 0.200. The standard InChI is InChI=1S/C10H9NO5/c1-2-14-10-7(9(12)13)11-8(16-10)6-4-3-5-15-6/h3-5H,2H2,1H3,(H,12,13). The maximum Gasteiger partial charge on any atom is 0.362 e. The van der Waals surface area contributed by atoms with E-state index in [0.29, 0.717) is 12.4 Å². The maximum absolute atomic E-state index is 10.8. The number of furan rings is 1. The van der Waals surface area contributed by atoms with Crippen molar-refractivity contribution in [3.8, 4) is 17.6 Å². The molecule has 0 unspecified atom stereocenters. The summed E-state index contributed by atoms with van der Waals surface area (Å²) in [5.41, 5.74) is -0.256. The monoisotopic (exact) mass is 223 g/mol. The molecular formula is C10H9NO5. The number of oxazole rings is 1. The highest BCUT2D eigenvalue weighted by molar-refractivity contribution is 5.88. The lowest BCUT2D eigenvalue weighted by atomic mass is 10.4. The van der Waals surface area contributed by atoms with E-state index in [9.17, 15) is 4.79 Å². The van der Waals surface area contributed by atoms with E-state index in [-0.39, 0.29) is 17.5 Å². The molecule has 0 bridgehead atoms. The van der Waals surface area contributed by atoms with Crippen LogP contribution in [-0.4, -0.2) is 22.7 Å². The second kappa shape index (κ2) is 4.09. The second-order valence-corrected chi connectivity index (χ2v) is 2.87. The number of hydrogen-bond acceptors (Lipinski definition) is 5. The summed E-state index contributed by atoms with van der Waals surface area (Å²) in [5, 5.41) is 8.87. The molecule has 2 heterocycles. The Balaban J connectivity index is 2.42. The molecule has 6 nitrogen and oxygen atoms in total. The van der Waals surface area contributed by atoms with Gasteiger partial charge in [-0.2, -0.15) is 4.98 Å². The first-order valence-electron chi connectivity index (χ1n) is 4.63. The number of carboxylic acids is 1. The summed E-state index contributed by atoms with van der Waals surface area (Å²) in [6.07, 6.45) is 1.44. The van der Waals surface area contributed by atoms with Crippen molar-refractivity contribution >= 4 is 5.97 Å². The molecule has 0 aromatic carbocycles. The number of ether oxygens (including phenoxy) is 1. The third-order valence-electron chi connectivity index (χ3n) is 1.81. The lowest BCUT2D eigenvalue weighted by Gasteiger charge is -1.96. The van der Waals surface area contributed by atoms with Crippen LogP contribution in [0.2, 0.25) is 0 Å². The molecule has 0 saturated carbocycles. The SMILES string of the molecule is CCOc1oc(-c2ccco2)nc1C(=O)O. The van der Waals surface area contributed by atoms with Crippen LogP contribution in [0.1, 0.15) is 17.4 Å². The van der Waals surface area contributed by atoms with E-state index in [1.807, 2.05) is 0 Å². The summed E-state index contributed by atoms with van der Waals surface area (Å²) in [6, 6.07) is 3.27. The minimum atomic E-state index is -1.20. The molecule has 0 aliphatic rings. The number of carboxylic acid groups (broad SMARTS) is 1. The van der Waals surface area contributed by atoms with Crippen molar-refractivity contribution in [2.24, 2.45) is 0 Å². The van der Waals surface area contributed by atoms with E-state index in [2.05, 4.69) is 4.98 Å². The van der Waals surface area contributed by atoms with Crippen molar-refractivity contribution in [1.82, 2.24) is 4.98 Å². The Morgan fingerprint density at radius 1 is 1.62 bits per heavy atom. The Morgan fingerprint density at radius 3 is 3.00 bits per heavy atom. The van der Waals surface area contributed by atoms with Gasteiger partial charge in [-0.1, -0.05) is 0 Å². The van der Waals surface area contributed by atoms with E-state index < -0.39 is 5.97 Å². The predicted molar refractivity (Wildman–Crippen MR) is 52.3 cm³/mol. The molecule has 6 heteroatoms. The zero-order chi connectivity index (χ0) is 11.5. The third-order valence-corrected chi connectivity index (χ3v) is 1.81. The van der Waals surface area contributed by atoms with Crippen molar-refractivity contribution in [3.63, 3.8) is 0 Å². The van der Waals surface area contributed by atoms with Crippen LogP contribution in [0.5, 0.6) is 5.95 Å². The molecule has 0 aliphatic carbocycles. The van der Waals surface area contributed by atoms with Crippen LogP contribution in [0, 0.1) is 0 Å². The number of rotatable bonds is 4. The van der Waals surface area contributed by atoms with Crippen LogP contribution >= 0.6 is 0 Å². The van der Waals surface area contributed by atoms with Crippen molar-refractivity contribution in [3.05, 3.63) is 24.1 Å². The van der Waals surface area contributed by atoms with Crippen molar-refractivity contribution in [2.45, 2.75) is 6.92 Å². The molecule has 2 aromatic rings. The molecule has 0 saturated heterocycles. The highest BCUT2D eigenvalue weighted by Crippen LogP contribution is 2.27. The van der Waals surface area contributed by atoms with Crippen LogP contribution in [0.25, 0.3) is 11.7 Å². The zero-order valence-electron chi connectivity index (χ0n) is 8.47. The highest BCUT2D eigenvalue weighted by atomic mass is 16.6. The van der Waals surface area contributed by atoms with Gasteiger partial charge in [0.15, 0.2) is 5.76 Å². The Hall–Kier alpha value is -2.24. The minimum Gasteiger partial charge on any atom is -0.476 e. The molecule has 84 valence electrons. The van der Waals surface area contributed by atoms with Crippen LogP contribution in [0.15, 0.2) is 27.2 Å². The van der Waals surface area contributed by atoms with Crippen molar-refractivity contribution in [1.29, 1.82) is 0 Å². The minimum absolute atomic E-state index is 0.0888. The highest BCUT2D eigenvalue weighted by Gasteiger charge is 2.22. The lowest BCUT2D eigenvalue weighted by Crippen LogP contribution is -2.01. The maximum atomic E-state index is 10.8. The molecular weight excluding hydrogens is 214 g/mol. The second-order valence-electron chi connectivity index (χ2n) is 2.87. The summed E-state index contributed by atoms with van der Waals surface area (Å²) in [4.78, 5) is 14.6. The topological polar surface area (TPSA) is 85.7 Å². The predicted octanol–water partition coefficient (Wildman–Crippen LogP) is 2.03. The van der Waals surface area contributed by atoms with E-state index >= 15 is 0 Å². The zero-order valence-corrected chi connectivity index (χ0v) is 8.47. The van der Waals surface area contributed by atoms with Gasteiger partial charge in [-0.05, 0) is 19.1 Å². The van der Waals surface area contributed by atoms with Crippen LogP contribution in [-0.2, 0) is 0 Å². The molecule has 0 amide bonds. The number of nitrogens with zero attached hydrogens (tertiary/aromatic N) is 1. The van der Waals surface area contributed by atoms with Gasteiger partial charge in [0.1, 0.15) is 0 Å². The molecule has 16 heavy (non-hydrogen) atoms. The van der Waals surface area contributed by atoms with E-state index in [0.717, 1.165) is 0 Å². The van der Waals surface area contributed by atoms with Crippen LogP contribution in [0.4, 0.5) is 0 Å². The van der Waals surface area contributed by atoms with Crippen molar-refractivity contribution < 1.29 is 23.5 Å². The van der Waals surface area contributed by atoms with Gasteiger partial charge in [0.05, 0.1) is 12.9 Å². The molecule has 0 radical (unpaired) electrons. The molecule has 0 spiro atoms. The van der Waals surface area contributed by atoms with Gasteiger partial charge in [-0.25, -0.2) is 4.79 Å². The van der Waals surface area contributed by atoms with Gasteiger partial charge in [0.2, 0.25) is 5.69 Å². The molecule has 1 N–H and O–H groups in total. The van der Waals surface area contributed by atoms with Crippen LogP contribution < -0.4 is 4.74 Å². The third kappa shape index (κ3) is 1.77. The molecule has 0 atom stereocenters. The molecule has 2 aromatic heterocycles. The fourth-order valence-electron chi connectivity index (χ4n) is 1.18. The summed E-state index contributed by atoms with van der Waals surface area (Å²) in [7, 11) is 0. The average Bonchev–Trinajstić information content (AvgIpc) is 2.83. The summed E-state index contributed by atoms with van der Waals surface area (Å²) < 4.78 is 15.2. The summed E-state index contributed by atoms with van der Waals surface area (Å²) >= 11 is 0. The fourth-order valence-corrected chi connectivity index (χ4v) is 1.18. The van der Waals surface area contributed by atoms with Gasteiger partial charge >= 0.3 is 11.9 Å². The molecule has 2 rings (SSSR count). The average molecular weight is 223 g/mol. The molecule has 0 fully saturated rings. The van der Waals surface area contributed by atoms with Gasteiger partial charge in [-0.15, -0.1) is 0 Å². The smallest absolute Gasteiger partial charge is 0.362 e. The van der Waals surface area contributed by atoms with Gasteiger partial charge in [-0.3, -0.25) is 0 Å². The lowest BCUT2D eigenvalue weighted by molar-refractivity contribution is 0.0683. The Morgan fingerprint density at radius 2 is 2.44 bits per heavy atom. The first-order chi connectivity index (χ1) is 7.72. The summed E-state index contributed by atoms with van der Waals surface area (Å²) in [5.74, 6) is -0.870. The number of carbonyl (C=O) groups is 1. The Labute approximate surface area is 90.5 Å². The Kier molecular flexibility index (Phi) is 2.63. The van der Waals surface area contributed by atoms with Crippen molar-refractivity contribution in [2.75, 3.05) is 6.61 Å². The number of hydrogen-bond donors (Lipinski definition) is 1. The van der Waals surface area contributed by atoms with Crippen LogP contribution in [0.3, 0.4) is 0 Å². The molecule has 0 aliphatic heterocycles. The van der Waals surface area contributed by atoms with E-state index in [4.69, 9.17) is 18.7 Å². The number of aromatic nitrogens is 1. The Bertz CT molecular complexity index is 485. The van der Waals surface area contributed by atoms with E-state index in [1.165, 1.54) is 6.26 Å². The normalized spacial score (nSPS) is 10.3. The largest absolute Gasteiger partial charge is 0.476 e. The first-order valence-corrected chi connectivity index (χ1v) is 4.63.